The van der Waals surface area contributed by atoms with Crippen LogP contribution in [0.15, 0.2) is 18.3 Å². The first kappa shape index (κ1) is 17.4. The molecule has 0 aliphatic carbocycles. The second kappa shape index (κ2) is 8.62. The number of aryl methyl sites for hydroxylation is 1. The predicted octanol–water partition coefficient (Wildman–Crippen LogP) is 1.57. The van der Waals surface area contributed by atoms with Crippen molar-refractivity contribution in [1.29, 1.82) is 0 Å². The fourth-order valence-electron chi connectivity index (χ4n) is 2.65. The number of hydrogen-bond donors (Lipinski definition) is 2. The second-order valence-corrected chi connectivity index (χ2v) is 6.11. The van der Waals surface area contributed by atoms with Crippen molar-refractivity contribution in [2.75, 3.05) is 31.5 Å². The minimum Gasteiger partial charge on any atom is -0.355 e. The molecule has 6 heteroatoms. The van der Waals surface area contributed by atoms with Crippen LogP contribution in [0.5, 0.6) is 0 Å². The van der Waals surface area contributed by atoms with Gasteiger partial charge >= 0.3 is 0 Å². The molecule has 23 heavy (non-hydrogen) atoms. The molecule has 0 radical (unpaired) electrons. The third-order valence-electron chi connectivity index (χ3n) is 4.06. The smallest absolute Gasteiger partial charge is 0.234 e. The lowest BCUT2D eigenvalue weighted by Gasteiger charge is -2.30. The third-order valence-corrected chi connectivity index (χ3v) is 4.06. The van der Waals surface area contributed by atoms with Crippen molar-refractivity contribution in [3.8, 4) is 0 Å². The Morgan fingerprint density at radius 3 is 2.65 bits per heavy atom. The molecule has 1 aliphatic heterocycles. The Balaban J connectivity index is 1.74. The van der Waals surface area contributed by atoms with Gasteiger partial charge in [0.25, 0.3) is 0 Å². The molecule has 0 atom stereocenters. The van der Waals surface area contributed by atoms with Crippen LogP contribution in [-0.2, 0) is 9.59 Å². The van der Waals surface area contributed by atoms with Gasteiger partial charge in [-0.3, -0.25) is 14.5 Å². The number of anilines is 1. The molecule has 2 amide bonds. The van der Waals surface area contributed by atoms with E-state index in [1.807, 2.05) is 26.0 Å². The molecule has 1 aromatic rings. The number of piperidine rings is 1. The molecular weight excluding hydrogens is 292 g/mol. The zero-order chi connectivity index (χ0) is 16.7. The van der Waals surface area contributed by atoms with Crippen molar-refractivity contribution in [3.05, 3.63) is 23.9 Å². The van der Waals surface area contributed by atoms with Gasteiger partial charge in [0.2, 0.25) is 11.8 Å². The maximum absolute atomic E-state index is 12.3. The summed E-state index contributed by atoms with van der Waals surface area (Å²) in [6.07, 6.45) is 4.24. The van der Waals surface area contributed by atoms with E-state index < -0.39 is 0 Å². The molecule has 1 aliphatic rings. The number of amides is 2. The summed E-state index contributed by atoms with van der Waals surface area (Å²) in [4.78, 5) is 30.3. The number of pyridine rings is 1. The van der Waals surface area contributed by atoms with Gasteiger partial charge in [-0.1, -0.05) is 13.0 Å². The monoisotopic (exact) mass is 318 g/mol. The number of aromatic nitrogens is 1. The highest BCUT2D eigenvalue weighted by Crippen LogP contribution is 2.18. The summed E-state index contributed by atoms with van der Waals surface area (Å²) in [5.74, 6) is 0.685. The van der Waals surface area contributed by atoms with Crippen LogP contribution in [0, 0.1) is 12.8 Å². The summed E-state index contributed by atoms with van der Waals surface area (Å²) >= 11 is 0. The molecule has 126 valence electrons. The van der Waals surface area contributed by atoms with E-state index >= 15 is 0 Å². The zero-order valence-electron chi connectivity index (χ0n) is 14.0. The van der Waals surface area contributed by atoms with E-state index in [0.29, 0.717) is 12.4 Å². The molecule has 0 saturated carbocycles. The van der Waals surface area contributed by atoms with Gasteiger partial charge in [-0.25, -0.2) is 4.98 Å². The van der Waals surface area contributed by atoms with E-state index in [0.717, 1.165) is 44.5 Å². The van der Waals surface area contributed by atoms with Crippen LogP contribution in [0.3, 0.4) is 0 Å². The maximum atomic E-state index is 12.3. The molecule has 0 bridgehead atoms. The van der Waals surface area contributed by atoms with Crippen LogP contribution in [-0.4, -0.2) is 47.9 Å². The lowest BCUT2D eigenvalue weighted by Crippen LogP contribution is -2.43. The quantitative estimate of drug-likeness (QED) is 0.835. The number of rotatable bonds is 6. The zero-order valence-corrected chi connectivity index (χ0v) is 14.0. The van der Waals surface area contributed by atoms with Gasteiger partial charge in [-0.05, 0) is 50.9 Å². The van der Waals surface area contributed by atoms with Gasteiger partial charge in [-0.2, -0.15) is 0 Å². The highest BCUT2D eigenvalue weighted by Gasteiger charge is 2.26. The topological polar surface area (TPSA) is 74.3 Å². The number of hydrogen-bond acceptors (Lipinski definition) is 4. The molecule has 0 spiro atoms. The van der Waals surface area contributed by atoms with E-state index in [1.165, 1.54) is 0 Å². The standard InChI is InChI=1S/C17H26N4O2/c1-3-8-18-16(22)12-21-9-6-14(7-10-21)17(23)20-15-5-4-13(2)11-19-15/h4-5,11,14H,3,6-10,12H2,1-2H3,(H,18,22)(H,19,20,23). The second-order valence-electron chi connectivity index (χ2n) is 6.11. The number of carbonyl (C=O) groups excluding carboxylic acids is 2. The molecule has 6 nitrogen and oxygen atoms in total. The Bertz CT molecular complexity index is 522. The average molecular weight is 318 g/mol. The van der Waals surface area contributed by atoms with Gasteiger partial charge in [0, 0.05) is 18.7 Å². The predicted molar refractivity (Wildman–Crippen MR) is 90.1 cm³/mol. The largest absolute Gasteiger partial charge is 0.355 e. The lowest BCUT2D eigenvalue weighted by molar-refractivity contribution is -0.123. The molecule has 2 rings (SSSR count). The molecule has 0 aromatic carbocycles. The number of nitrogens with one attached hydrogen (secondary N) is 2. The number of nitrogens with zero attached hydrogens (tertiary/aromatic N) is 2. The molecule has 2 heterocycles. The highest BCUT2D eigenvalue weighted by molar-refractivity contribution is 5.91. The summed E-state index contributed by atoms with van der Waals surface area (Å²) in [6, 6.07) is 3.75. The molecule has 2 N–H and O–H groups in total. The molecule has 0 unspecified atom stereocenters. The summed E-state index contributed by atoms with van der Waals surface area (Å²) in [5, 5.41) is 5.76. The van der Waals surface area contributed by atoms with Crippen LogP contribution in [0.2, 0.25) is 0 Å². The Morgan fingerprint density at radius 2 is 2.04 bits per heavy atom. The average Bonchev–Trinajstić information content (AvgIpc) is 2.55. The maximum Gasteiger partial charge on any atom is 0.234 e. The summed E-state index contributed by atoms with van der Waals surface area (Å²) < 4.78 is 0. The van der Waals surface area contributed by atoms with E-state index in [9.17, 15) is 9.59 Å². The van der Waals surface area contributed by atoms with E-state index in [1.54, 1.807) is 6.20 Å². The van der Waals surface area contributed by atoms with Gasteiger partial charge in [0.15, 0.2) is 0 Å². The van der Waals surface area contributed by atoms with E-state index in [2.05, 4.69) is 20.5 Å². The van der Waals surface area contributed by atoms with Crippen LogP contribution in [0.4, 0.5) is 5.82 Å². The van der Waals surface area contributed by atoms with Crippen LogP contribution in [0.25, 0.3) is 0 Å². The highest BCUT2D eigenvalue weighted by atomic mass is 16.2. The van der Waals surface area contributed by atoms with Gasteiger partial charge in [0.1, 0.15) is 5.82 Å². The van der Waals surface area contributed by atoms with E-state index in [4.69, 9.17) is 0 Å². The first-order chi connectivity index (χ1) is 11.1. The van der Waals surface area contributed by atoms with Crippen LogP contribution >= 0.6 is 0 Å². The molecule has 1 saturated heterocycles. The summed E-state index contributed by atoms with van der Waals surface area (Å²) in [5.41, 5.74) is 1.07. The van der Waals surface area contributed by atoms with Crippen molar-refractivity contribution in [1.82, 2.24) is 15.2 Å². The third kappa shape index (κ3) is 5.63. The molecule has 1 aromatic heterocycles. The Labute approximate surface area is 137 Å². The fourth-order valence-corrected chi connectivity index (χ4v) is 2.65. The Hall–Kier alpha value is -1.95. The van der Waals surface area contributed by atoms with Crippen molar-refractivity contribution < 1.29 is 9.59 Å². The Kier molecular flexibility index (Phi) is 6.52. The first-order valence-electron chi connectivity index (χ1n) is 8.31. The summed E-state index contributed by atoms with van der Waals surface area (Å²) in [7, 11) is 0. The minimum absolute atomic E-state index is 0.00643. The van der Waals surface area contributed by atoms with Crippen molar-refractivity contribution in [3.63, 3.8) is 0 Å². The van der Waals surface area contributed by atoms with Gasteiger partial charge < -0.3 is 10.6 Å². The number of likely N-dealkylation sites (tertiary alicyclic amines) is 1. The molecular formula is C17H26N4O2. The molecule has 1 fully saturated rings. The van der Waals surface area contributed by atoms with E-state index in [-0.39, 0.29) is 17.7 Å². The number of carbonyl (C=O) groups is 2. The summed E-state index contributed by atoms with van der Waals surface area (Å²) in [6.45, 7) is 6.70. The lowest BCUT2D eigenvalue weighted by atomic mass is 9.96. The normalized spacial score (nSPS) is 16.1. The minimum atomic E-state index is -0.00643. The van der Waals surface area contributed by atoms with Gasteiger partial charge in [-0.15, -0.1) is 0 Å². The van der Waals surface area contributed by atoms with Crippen LogP contribution in [0.1, 0.15) is 31.7 Å². The van der Waals surface area contributed by atoms with Crippen LogP contribution < -0.4 is 10.6 Å². The fraction of sp³-hybridized carbons (Fsp3) is 0.588. The Morgan fingerprint density at radius 1 is 1.30 bits per heavy atom. The van der Waals surface area contributed by atoms with Crippen molar-refractivity contribution in [2.24, 2.45) is 5.92 Å². The van der Waals surface area contributed by atoms with Crippen molar-refractivity contribution >= 4 is 17.6 Å². The first-order valence-corrected chi connectivity index (χ1v) is 8.31. The SMILES string of the molecule is CCCNC(=O)CN1CCC(C(=O)Nc2ccc(C)cn2)CC1. The van der Waals surface area contributed by atoms with Crippen molar-refractivity contribution in [2.45, 2.75) is 33.1 Å². The van der Waals surface area contributed by atoms with Gasteiger partial charge in [0.05, 0.1) is 6.54 Å².